The maximum Gasteiger partial charge on any atom is 0.0804 e. The molecule has 0 aromatic heterocycles. The molecular weight excluding hydrogens is 210 g/mol. The first kappa shape index (κ1) is 15.0. The number of hydrogen-bond donors (Lipinski definition) is 1. The van der Waals surface area contributed by atoms with E-state index in [1.165, 1.54) is 32.1 Å². The summed E-state index contributed by atoms with van der Waals surface area (Å²) in [6, 6.07) is 0.196. The minimum atomic E-state index is -0.130. The third-order valence-corrected chi connectivity index (χ3v) is 4.79. The van der Waals surface area contributed by atoms with E-state index in [9.17, 15) is 0 Å². The summed E-state index contributed by atoms with van der Waals surface area (Å²) in [7, 11) is 0. The second-order valence-corrected chi connectivity index (χ2v) is 5.83. The van der Waals surface area contributed by atoms with Crippen LogP contribution in [-0.4, -0.2) is 18.2 Å². The molecule has 0 aromatic carbocycles. The number of nitrogens with two attached hydrogens (primary N) is 1. The van der Waals surface area contributed by atoms with Gasteiger partial charge in [-0.15, -0.1) is 0 Å². The molecule has 2 heteroatoms. The third-order valence-electron chi connectivity index (χ3n) is 4.79. The minimum Gasteiger partial charge on any atom is -0.374 e. The van der Waals surface area contributed by atoms with Gasteiger partial charge in [-0.05, 0) is 44.9 Å². The summed E-state index contributed by atoms with van der Waals surface area (Å²) in [6.07, 6.45) is 7.66. The largest absolute Gasteiger partial charge is 0.374 e. The highest BCUT2D eigenvalue weighted by molar-refractivity contribution is 4.93. The van der Waals surface area contributed by atoms with Crippen LogP contribution in [0.5, 0.6) is 0 Å². The lowest BCUT2D eigenvalue weighted by Crippen LogP contribution is -2.52. The zero-order valence-electron chi connectivity index (χ0n) is 12.2. The van der Waals surface area contributed by atoms with E-state index in [-0.39, 0.29) is 11.6 Å². The van der Waals surface area contributed by atoms with E-state index in [4.69, 9.17) is 10.5 Å². The molecule has 1 aliphatic rings. The first-order valence-electron chi connectivity index (χ1n) is 7.46. The van der Waals surface area contributed by atoms with Crippen LogP contribution in [-0.2, 0) is 4.74 Å². The quantitative estimate of drug-likeness (QED) is 0.769. The lowest BCUT2D eigenvalue weighted by molar-refractivity contribution is -0.0648. The zero-order chi connectivity index (χ0) is 12.9. The van der Waals surface area contributed by atoms with Crippen LogP contribution in [0.15, 0.2) is 0 Å². The summed E-state index contributed by atoms with van der Waals surface area (Å²) in [5.74, 6) is 1.55. The summed E-state index contributed by atoms with van der Waals surface area (Å²) in [5.41, 5.74) is 6.39. The molecule has 0 heterocycles. The average Bonchev–Trinajstić information content (AvgIpc) is 2.38. The van der Waals surface area contributed by atoms with Crippen LogP contribution in [0.1, 0.15) is 66.2 Å². The third kappa shape index (κ3) is 3.69. The van der Waals surface area contributed by atoms with Gasteiger partial charge < -0.3 is 10.5 Å². The Hall–Kier alpha value is -0.0800. The normalized spacial score (nSPS) is 30.9. The molecule has 0 aliphatic heterocycles. The monoisotopic (exact) mass is 241 g/mol. The summed E-state index contributed by atoms with van der Waals surface area (Å²) in [6.45, 7) is 9.52. The maximum atomic E-state index is 6.52. The van der Waals surface area contributed by atoms with Gasteiger partial charge in [0.05, 0.1) is 5.60 Å². The van der Waals surface area contributed by atoms with Gasteiger partial charge in [0.25, 0.3) is 0 Å². The smallest absolute Gasteiger partial charge is 0.0804 e. The summed E-state index contributed by atoms with van der Waals surface area (Å²) >= 11 is 0. The van der Waals surface area contributed by atoms with Crippen LogP contribution in [0, 0.1) is 11.8 Å². The molecule has 4 unspecified atom stereocenters. The molecule has 2 nitrogen and oxygen atoms in total. The van der Waals surface area contributed by atoms with Gasteiger partial charge in [0.1, 0.15) is 0 Å². The highest BCUT2D eigenvalue weighted by Crippen LogP contribution is 2.36. The Bertz CT molecular complexity index is 219. The van der Waals surface area contributed by atoms with Crippen molar-refractivity contribution in [1.29, 1.82) is 0 Å². The first-order chi connectivity index (χ1) is 8.07. The van der Waals surface area contributed by atoms with E-state index in [1.54, 1.807) is 0 Å². The standard InChI is InChI=1S/C15H31NO/c1-5-12-9-8-10-13(11-12)14(16)15(4,6-2)17-7-3/h12-14H,5-11,16H2,1-4H3. The number of rotatable bonds is 6. The van der Waals surface area contributed by atoms with Gasteiger partial charge in [-0.3, -0.25) is 0 Å². The van der Waals surface area contributed by atoms with Crippen molar-refractivity contribution >= 4 is 0 Å². The molecule has 1 saturated carbocycles. The Morgan fingerprint density at radius 1 is 1.29 bits per heavy atom. The molecule has 1 fully saturated rings. The van der Waals surface area contributed by atoms with Crippen molar-refractivity contribution in [3.05, 3.63) is 0 Å². The Morgan fingerprint density at radius 3 is 2.53 bits per heavy atom. The van der Waals surface area contributed by atoms with Crippen molar-refractivity contribution in [2.24, 2.45) is 17.6 Å². The number of hydrogen-bond acceptors (Lipinski definition) is 2. The lowest BCUT2D eigenvalue weighted by Gasteiger charge is -2.42. The fraction of sp³-hybridized carbons (Fsp3) is 1.00. The molecule has 2 N–H and O–H groups in total. The van der Waals surface area contributed by atoms with E-state index in [0.717, 1.165) is 18.9 Å². The predicted molar refractivity (Wildman–Crippen MR) is 74.0 cm³/mol. The number of ether oxygens (including phenoxy) is 1. The van der Waals surface area contributed by atoms with Gasteiger partial charge in [0, 0.05) is 12.6 Å². The van der Waals surface area contributed by atoms with Crippen LogP contribution >= 0.6 is 0 Å². The van der Waals surface area contributed by atoms with Crippen LogP contribution in [0.2, 0.25) is 0 Å². The van der Waals surface area contributed by atoms with Crippen molar-refractivity contribution in [3.63, 3.8) is 0 Å². The minimum absolute atomic E-state index is 0.130. The summed E-state index contributed by atoms with van der Waals surface area (Å²) < 4.78 is 5.94. The van der Waals surface area contributed by atoms with E-state index in [2.05, 4.69) is 27.7 Å². The van der Waals surface area contributed by atoms with Gasteiger partial charge in [0.2, 0.25) is 0 Å². The van der Waals surface area contributed by atoms with Crippen LogP contribution in [0.3, 0.4) is 0 Å². The van der Waals surface area contributed by atoms with Gasteiger partial charge >= 0.3 is 0 Å². The van der Waals surface area contributed by atoms with E-state index >= 15 is 0 Å². The van der Waals surface area contributed by atoms with E-state index in [0.29, 0.717) is 5.92 Å². The maximum absolute atomic E-state index is 6.52. The summed E-state index contributed by atoms with van der Waals surface area (Å²) in [5, 5.41) is 0. The van der Waals surface area contributed by atoms with Crippen molar-refractivity contribution < 1.29 is 4.74 Å². The Balaban J connectivity index is 2.63. The highest BCUT2D eigenvalue weighted by Gasteiger charge is 2.37. The van der Waals surface area contributed by atoms with Gasteiger partial charge in [-0.1, -0.05) is 33.1 Å². The second kappa shape index (κ2) is 6.75. The predicted octanol–water partition coefficient (Wildman–Crippen LogP) is 3.74. The van der Waals surface area contributed by atoms with Crippen molar-refractivity contribution in [2.75, 3.05) is 6.61 Å². The van der Waals surface area contributed by atoms with Crippen LogP contribution < -0.4 is 5.73 Å². The zero-order valence-corrected chi connectivity index (χ0v) is 12.2. The van der Waals surface area contributed by atoms with Crippen LogP contribution in [0.4, 0.5) is 0 Å². The molecule has 102 valence electrons. The fourth-order valence-electron chi connectivity index (χ4n) is 3.29. The lowest BCUT2D eigenvalue weighted by atomic mass is 9.72. The Kier molecular flexibility index (Phi) is 5.94. The van der Waals surface area contributed by atoms with Gasteiger partial charge in [-0.25, -0.2) is 0 Å². The molecule has 4 atom stereocenters. The Morgan fingerprint density at radius 2 is 2.00 bits per heavy atom. The molecular formula is C15H31NO. The molecule has 1 rings (SSSR count). The molecule has 0 radical (unpaired) electrons. The van der Waals surface area contributed by atoms with Crippen molar-refractivity contribution in [2.45, 2.75) is 77.9 Å². The average molecular weight is 241 g/mol. The van der Waals surface area contributed by atoms with Gasteiger partial charge in [0.15, 0.2) is 0 Å². The Labute approximate surface area is 107 Å². The molecule has 0 aromatic rings. The highest BCUT2D eigenvalue weighted by atomic mass is 16.5. The molecule has 0 saturated heterocycles. The molecule has 0 amide bonds. The summed E-state index contributed by atoms with van der Waals surface area (Å²) in [4.78, 5) is 0. The molecule has 0 bridgehead atoms. The van der Waals surface area contributed by atoms with E-state index in [1.807, 2.05) is 0 Å². The SMILES string of the molecule is CCOC(C)(CC)C(N)C1CCCC(CC)C1. The molecule has 0 spiro atoms. The van der Waals surface area contributed by atoms with E-state index < -0.39 is 0 Å². The topological polar surface area (TPSA) is 35.2 Å². The van der Waals surface area contributed by atoms with Crippen molar-refractivity contribution in [3.8, 4) is 0 Å². The second-order valence-electron chi connectivity index (χ2n) is 5.83. The van der Waals surface area contributed by atoms with Crippen molar-refractivity contribution in [1.82, 2.24) is 0 Å². The van der Waals surface area contributed by atoms with Gasteiger partial charge in [-0.2, -0.15) is 0 Å². The fourth-order valence-corrected chi connectivity index (χ4v) is 3.29. The molecule has 1 aliphatic carbocycles. The molecule has 17 heavy (non-hydrogen) atoms. The van der Waals surface area contributed by atoms with Crippen LogP contribution in [0.25, 0.3) is 0 Å². The first-order valence-corrected chi connectivity index (χ1v) is 7.46.